The van der Waals surface area contributed by atoms with Crippen LogP contribution in [0.4, 0.5) is 0 Å². The predicted molar refractivity (Wildman–Crippen MR) is 84.8 cm³/mol. The minimum Gasteiger partial charge on any atom is -0.496 e. The lowest BCUT2D eigenvalue weighted by molar-refractivity contribution is 0.0656. The van der Waals surface area contributed by atoms with Crippen LogP contribution in [0.3, 0.4) is 0 Å². The lowest BCUT2D eigenvalue weighted by Crippen LogP contribution is -2.19. The second-order valence-corrected chi connectivity index (χ2v) is 6.18. The van der Waals surface area contributed by atoms with E-state index in [1.807, 2.05) is 37.3 Å². The summed E-state index contributed by atoms with van der Waals surface area (Å²) in [5.74, 6) is 1.61. The Morgan fingerprint density at radius 1 is 1.24 bits per heavy atom. The van der Waals surface area contributed by atoms with E-state index in [1.54, 1.807) is 7.11 Å². The fraction of sp³-hybridized carbons (Fsp3) is 0.294. The largest absolute Gasteiger partial charge is 0.496 e. The van der Waals surface area contributed by atoms with Crippen molar-refractivity contribution in [2.24, 2.45) is 0 Å². The quantitative estimate of drug-likeness (QED) is 0.877. The minimum atomic E-state index is -0.515. The summed E-state index contributed by atoms with van der Waals surface area (Å²) < 4.78 is 12.3. The lowest BCUT2D eigenvalue weighted by Gasteiger charge is -2.30. The van der Waals surface area contributed by atoms with Crippen LogP contribution >= 0.6 is 15.9 Å². The maximum absolute atomic E-state index is 10.4. The van der Waals surface area contributed by atoms with E-state index < -0.39 is 6.10 Å². The van der Waals surface area contributed by atoms with Gasteiger partial charge in [-0.05, 0) is 48.4 Å². The van der Waals surface area contributed by atoms with Crippen LogP contribution in [0.15, 0.2) is 40.9 Å². The molecular weight excluding hydrogens is 332 g/mol. The summed E-state index contributed by atoms with van der Waals surface area (Å²) in [5, 5.41) is 10.4. The van der Waals surface area contributed by atoms with Gasteiger partial charge < -0.3 is 14.6 Å². The van der Waals surface area contributed by atoms with E-state index in [0.29, 0.717) is 6.42 Å². The summed E-state index contributed by atoms with van der Waals surface area (Å²) in [6.07, 6.45) is -0.105. The molecule has 2 aromatic rings. The molecule has 0 radical (unpaired) electrons. The van der Waals surface area contributed by atoms with Crippen LogP contribution in [0.25, 0.3) is 0 Å². The van der Waals surface area contributed by atoms with E-state index in [1.165, 1.54) is 0 Å². The molecule has 0 aromatic heterocycles. The SMILES string of the molecule is COc1ccc(C2CC(O)c3cc(Br)ccc3O2)cc1C. The van der Waals surface area contributed by atoms with E-state index in [9.17, 15) is 5.11 Å². The highest BCUT2D eigenvalue weighted by molar-refractivity contribution is 9.10. The van der Waals surface area contributed by atoms with E-state index in [2.05, 4.69) is 22.0 Å². The molecule has 2 aromatic carbocycles. The highest BCUT2D eigenvalue weighted by Gasteiger charge is 2.28. The number of ether oxygens (including phenoxy) is 2. The molecule has 0 saturated carbocycles. The maximum Gasteiger partial charge on any atom is 0.127 e. The molecule has 1 N–H and O–H groups in total. The van der Waals surface area contributed by atoms with Gasteiger partial charge in [-0.1, -0.05) is 22.0 Å². The molecule has 3 rings (SSSR count). The van der Waals surface area contributed by atoms with Gasteiger partial charge in [-0.25, -0.2) is 0 Å². The number of rotatable bonds is 2. The Morgan fingerprint density at radius 3 is 2.76 bits per heavy atom. The van der Waals surface area contributed by atoms with Crippen molar-refractivity contribution >= 4 is 15.9 Å². The molecule has 0 fully saturated rings. The molecule has 0 amide bonds. The van der Waals surface area contributed by atoms with Gasteiger partial charge in [-0.2, -0.15) is 0 Å². The third-order valence-electron chi connectivity index (χ3n) is 3.83. The number of hydrogen-bond donors (Lipinski definition) is 1. The van der Waals surface area contributed by atoms with Gasteiger partial charge >= 0.3 is 0 Å². The van der Waals surface area contributed by atoms with E-state index in [4.69, 9.17) is 9.47 Å². The second kappa shape index (κ2) is 5.70. The molecule has 0 bridgehead atoms. The molecular formula is C17H17BrO3. The topological polar surface area (TPSA) is 38.7 Å². The smallest absolute Gasteiger partial charge is 0.127 e. The third-order valence-corrected chi connectivity index (χ3v) is 4.32. The molecule has 4 heteroatoms. The monoisotopic (exact) mass is 348 g/mol. The summed E-state index contributed by atoms with van der Waals surface area (Å²) in [6, 6.07) is 11.7. The van der Waals surface area contributed by atoms with Crippen molar-refractivity contribution in [3.05, 3.63) is 57.6 Å². The van der Waals surface area contributed by atoms with Gasteiger partial charge in [-0.3, -0.25) is 0 Å². The molecule has 0 spiro atoms. The molecule has 1 aliphatic heterocycles. The summed E-state index contributed by atoms with van der Waals surface area (Å²) in [6.45, 7) is 2.01. The van der Waals surface area contributed by atoms with E-state index >= 15 is 0 Å². The molecule has 1 heterocycles. The number of hydrogen-bond acceptors (Lipinski definition) is 3. The molecule has 21 heavy (non-hydrogen) atoms. The number of methoxy groups -OCH3 is 1. The second-order valence-electron chi connectivity index (χ2n) is 5.27. The highest BCUT2D eigenvalue weighted by atomic mass is 79.9. The van der Waals surface area contributed by atoms with E-state index in [0.717, 1.165) is 32.7 Å². The van der Waals surface area contributed by atoms with Crippen molar-refractivity contribution in [3.63, 3.8) is 0 Å². The van der Waals surface area contributed by atoms with Crippen molar-refractivity contribution in [1.82, 2.24) is 0 Å². The van der Waals surface area contributed by atoms with Gasteiger partial charge in [0.25, 0.3) is 0 Å². The Labute approximate surface area is 132 Å². The van der Waals surface area contributed by atoms with Gasteiger partial charge in [0.2, 0.25) is 0 Å². The zero-order valence-electron chi connectivity index (χ0n) is 12.0. The Morgan fingerprint density at radius 2 is 2.05 bits per heavy atom. The summed E-state index contributed by atoms with van der Waals surface area (Å²) in [7, 11) is 1.66. The summed E-state index contributed by atoms with van der Waals surface area (Å²) in [5.41, 5.74) is 2.96. The fourth-order valence-electron chi connectivity index (χ4n) is 2.72. The number of benzene rings is 2. The summed E-state index contributed by atoms with van der Waals surface area (Å²) >= 11 is 3.42. The van der Waals surface area contributed by atoms with Crippen molar-refractivity contribution in [1.29, 1.82) is 0 Å². The zero-order valence-corrected chi connectivity index (χ0v) is 13.6. The predicted octanol–water partition coefficient (Wildman–Crippen LogP) is 4.32. The molecule has 0 aliphatic carbocycles. The van der Waals surface area contributed by atoms with Crippen LogP contribution in [0.2, 0.25) is 0 Å². The van der Waals surface area contributed by atoms with Crippen LogP contribution < -0.4 is 9.47 Å². The average Bonchev–Trinajstić information content (AvgIpc) is 2.47. The number of halogens is 1. The standard InChI is InChI=1S/C17H17BrO3/c1-10-7-11(3-5-15(10)20-2)17-9-14(19)13-8-12(18)4-6-16(13)21-17/h3-8,14,17,19H,9H2,1-2H3. The molecule has 0 saturated heterocycles. The van der Waals surface area contributed by atoms with Crippen molar-refractivity contribution in [2.75, 3.05) is 7.11 Å². The van der Waals surface area contributed by atoms with Gasteiger partial charge in [-0.15, -0.1) is 0 Å². The van der Waals surface area contributed by atoms with Gasteiger partial charge in [0.1, 0.15) is 17.6 Å². The Balaban J connectivity index is 1.92. The van der Waals surface area contributed by atoms with Gasteiger partial charge in [0, 0.05) is 16.5 Å². The van der Waals surface area contributed by atoms with Crippen molar-refractivity contribution in [2.45, 2.75) is 25.6 Å². The van der Waals surface area contributed by atoms with Crippen LogP contribution in [-0.2, 0) is 0 Å². The first-order valence-corrected chi connectivity index (χ1v) is 7.66. The number of fused-ring (bicyclic) bond motifs is 1. The molecule has 1 aliphatic rings. The first-order chi connectivity index (χ1) is 10.1. The normalized spacial score (nSPS) is 20.6. The molecule has 2 atom stereocenters. The minimum absolute atomic E-state index is 0.140. The van der Waals surface area contributed by atoms with Crippen molar-refractivity contribution < 1.29 is 14.6 Å². The van der Waals surface area contributed by atoms with Crippen LogP contribution in [0.5, 0.6) is 11.5 Å². The number of aliphatic hydroxyl groups excluding tert-OH is 1. The zero-order chi connectivity index (χ0) is 15.0. The van der Waals surface area contributed by atoms with Crippen LogP contribution in [-0.4, -0.2) is 12.2 Å². The Hall–Kier alpha value is -1.52. The average molecular weight is 349 g/mol. The maximum atomic E-state index is 10.4. The highest BCUT2D eigenvalue weighted by Crippen LogP contribution is 2.42. The summed E-state index contributed by atoms with van der Waals surface area (Å²) in [4.78, 5) is 0. The molecule has 110 valence electrons. The molecule has 2 unspecified atom stereocenters. The Bertz CT molecular complexity index is 669. The van der Waals surface area contributed by atoms with E-state index in [-0.39, 0.29) is 6.10 Å². The van der Waals surface area contributed by atoms with Gasteiger partial charge in [0.05, 0.1) is 13.2 Å². The number of aryl methyl sites for hydroxylation is 1. The number of aliphatic hydroxyl groups is 1. The van der Waals surface area contributed by atoms with Gasteiger partial charge in [0.15, 0.2) is 0 Å². The Kier molecular flexibility index (Phi) is 3.91. The third kappa shape index (κ3) is 2.78. The first kappa shape index (κ1) is 14.4. The van der Waals surface area contributed by atoms with Crippen LogP contribution in [0.1, 0.15) is 35.3 Å². The first-order valence-electron chi connectivity index (χ1n) is 6.87. The van der Waals surface area contributed by atoms with Crippen molar-refractivity contribution in [3.8, 4) is 11.5 Å². The fourth-order valence-corrected chi connectivity index (χ4v) is 3.10. The van der Waals surface area contributed by atoms with Crippen LogP contribution in [0, 0.1) is 6.92 Å². The lowest BCUT2D eigenvalue weighted by atomic mass is 9.94. The molecule has 3 nitrogen and oxygen atoms in total.